The highest BCUT2D eigenvalue weighted by atomic mass is 35.5. The lowest BCUT2D eigenvalue weighted by Gasteiger charge is -2.14. The third kappa shape index (κ3) is 2.85. The van der Waals surface area contributed by atoms with E-state index in [-0.39, 0.29) is 4.99 Å². The van der Waals surface area contributed by atoms with Crippen molar-refractivity contribution in [1.82, 2.24) is 10.2 Å². The quantitative estimate of drug-likeness (QED) is 0.840. The number of anilines is 2. The lowest BCUT2D eigenvalue weighted by Crippen LogP contribution is -2.17. The van der Waals surface area contributed by atoms with Crippen LogP contribution < -0.4 is 11.1 Å². The normalized spacial score (nSPS) is 10.4. The van der Waals surface area contributed by atoms with Crippen LogP contribution in [0.2, 0.25) is 10.0 Å². The number of halogens is 2. The van der Waals surface area contributed by atoms with Gasteiger partial charge in [0.05, 0.1) is 27.0 Å². The summed E-state index contributed by atoms with van der Waals surface area (Å²) in [7, 11) is 0. The first-order valence-electron chi connectivity index (χ1n) is 5.76. The summed E-state index contributed by atoms with van der Waals surface area (Å²) in [4.78, 5) is 0.242. The third-order valence-electron chi connectivity index (χ3n) is 2.91. The molecule has 0 amide bonds. The molecule has 0 radical (unpaired) electrons. The van der Waals surface area contributed by atoms with Crippen molar-refractivity contribution in [2.24, 2.45) is 5.73 Å². The Kier molecular flexibility index (Phi) is 4.42. The minimum absolute atomic E-state index is 0.242. The summed E-state index contributed by atoms with van der Waals surface area (Å²) in [6, 6.07) is 5.21. The zero-order chi connectivity index (χ0) is 14.9. The van der Waals surface area contributed by atoms with Gasteiger partial charge in [-0.05, 0) is 31.5 Å². The van der Waals surface area contributed by atoms with Gasteiger partial charge in [0.2, 0.25) is 0 Å². The van der Waals surface area contributed by atoms with Crippen LogP contribution in [-0.2, 0) is 0 Å². The number of nitrogens with two attached hydrogens (primary N) is 1. The van der Waals surface area contributed by atoms with Gasteiger partial charge in [-0.2, -0.15) is 5.10 Å². The number of aromatic nitrogens is 2. The third-order valence-corrected chi connectivity index (χ3v) is 3.74. The smallest absolute Gasteiger partial charge is 0.163 e. The molecule has 0 saturated heterocycles. The second kappa shape index (κ2) is 5.91. The maximum Gasteiger partial charge on any atom is 0.163 e. The molecule has 0 bridgehead atoms. The van der Waals surface area contributed by atoms with Gasteiger partial charge in [0.15, 0.2) is 5.82 Å². The molecule has 2 rings (SSSR count). The zero-order valence-electron chi connectivity index (χ0n) is 10.9. The molecule has 2 aromatic rings. The topological polar surface area (TPSA) is 63.8 Å². The van der Waals surface area contributed by atoms with Gasteiger partial charge < -0.3 is 11.1 Å². The van der Waals surface area contributed by atoms with E-state index < -0.39 is 0 Å². The summed E-state index contributed by atoms with van der Waals surface area (Å²) < 4.78 is 0. The van der Waals surface area contributed by atoms with Crippen LogP contribution in [0.25, 0.3) is 0 Å². The Labute approximate surface area is 132 Å². The van der Waals surface area contributed by atoms with Crippen molar-refractivity contribution >= 4 is 51.9 Å². The lowest BCUT2D eigenvalue weighted by atomic mass is 10.1. The Balaban J connectivity index is 2.55. The predicted octanol–water partition coefficient (Wildman–Crippen LogP) is 3.78. The van der Waals surface area contributed by atoms with Gasteiger partial charge in [-0.3, -0.25) is 0 Å². The van der Waals surface area contributed by atoms with Gasteiger partial charge in [-0.15, -0.1) is 5.10 Å². The van der Waals surface area contributed by atoms with Gasteiger partial charge in [0.25, 0.3) is 0 Å². The first kappa shape index (κ1) is 15.0. The van der Waals surface area contributed by atoms with E-state index >= 15 is 0 Å². The highest BCUT2D eigenvalue weighted by molar-refractivity contribution is 7.80. The maximum atomic E-state index is 6.12. The van der Waals surface area contributed by atoms with Crippen molar-refractivity contribution in [1.29, 1.82) is 0 Å². The van der Waals surface area contributed by atoms with Crippen molar-refractivity contribution in [2.75, 3.05) is 5.32 Å². The molecule has 4 nitrogen and oxygen atoms in total. The molecule has 0 aliphatic carbocycles. The second-order valence-corrected chi connectivity index (χ2v) is 5.47. The molecule has 0 aliphatic rings. The number of nitrogens with one attached hydrogen (secondary N) is 1. The van der Waals surface area contributed by atoms with Crippen LogP contribution in [0.4, 0.5) is 11.5 Å². The molecule has 20 heavy (non-hydrogen) atoms. The van der Waals surface area contributed by atoms with Crippen molar-refractivity contribution in [2.45, 2.75) is 13.8 Å². The summed E-state index contributed by atoms with van der Waals surface area (Å²) in [6.07, 6.45) is 0. The molecule has 0 fully saturated rings. The molecule has 0 saturated carbocycles. The fourth-order valence-electron chi connectivity index (χ4n) is 1.73. The van der Waals surface area contributed by atoms with E-state index in [1.54, 1.807) is 18.2 Å². The number of nitrogens with zero attached hydrogens (tertiary/aromatic N) is 2. The average Bonchev–Trinajstić information content (AvgIpc) is 2.37. The fraction of sp³-hybridized carbons (Fsp3) is 0.154. The summed E-state index contributed by atoms with van der Waals surface area (Å²) >= 11 is 17.3. The van der Waals surface area contributed by atoms with Gasteiger partial charge in [0, 0.05) is 0 Å². The SMILES string of the molecule is Cc1nnc(Nc2c(Cl)cccc2Cl)c(C(N)=S)c1C. The molecule has 1 aromatic heterocycles. The molecule has 0 spiro atoms. The Morgan fingerprint density at radius 2 is 1.80 bits per heavy atom. The van der Waals surface area contributed by atoms with Gasteiger partial charge in [-0.1, -0.05) is 41.5 Å². The van der Waals surface area contributed by atoms with Crippen LogP contribution in [0, 0.1) is 13.8 Å². The number of hydrogen-bond acceptors (Lipinski definition) is 4. The number of thiocarbonyl (C=S) groups is 1. The maximum absolute atomic E-state index is 6.12. The number of hydrogen-bond donors (Lipinski definition) is 2. The molecular formula is C13H12Cl2N4S. The van der Waals surface area contributed by atoms with Gasteiger partial charge in [-0.25, -0.2) is 0 Å². The van der Waals surface area contributed by atoms with E-state index in [1.807, 2.05) is 13.8 Å². The first-order valence-corrected chi connectivity index (χ1v) is 6.93. The lowest BCUT2D eigenvalue weighted by molar-refractivity contribution is 0.963. The van der Waals surface area contributed by atoms with Crippen molar-refractivity contribution in [3.05, 3.63) is 45.1 Å². The van der Waals surface area contributed by atoms with Crippen LogP contribution in [0.1, 0.15) is 16.8 Å². The molecular weight excluding hydrogens is 315 g/mol. The van der Waals surface area contributed by atoms with Gasteiger partial charge in [0.1, 0.15) is 4.99 Å². The zero-order valence-corrected chi connectivity index (χ0v) is 13.2. The van der Waals surface area contributed by atoms with Crippen LogP contribution >= 0.6 is 35.4 Å². The fourth-order valence-corrected chi connectivity index (χ4v) is 2.47. The Morgan fingerprint density at radius 1 is 1.20 bits per heavy atom. The predicted molar refractivity (Wildman–Crippen MR) is 87.1 cm³/mol. The highest BCUT2D eigenvalue weighted by Gasteiger charge is 2.15. The van der Waals surface area contributed by atoms with E-state index in [4.69, 9.17) is 41.2 Å². The molecule has 1 aromatic carbocycles. The minimum atomic E-state index is 0.242. The van der Waals surface area contributed by atoms with E-state index in [0.717, 1.165) is 11.3 Å². The van der Waals surface area contributed by atoms with E-state index in [1.165, 1.54) is 0 Å². The first-order chi connectivity index (χ1) is 9.41. The van der Waals surface area contributed by atoms with Crippen LogP contribution in [-0.4, -0.2) is 15.2 Å². The Morgan fingerprint density at radius 3 is 2.35 bits per heavy atom. The van der Waals surface area contributed by atoms with Crippen molar-refractivity contribution < 1.29 is 0 Å². The molecule has 7 heteroatoms. The number of para-hydroxylation sites is 1. The van der Waals surface area contributed by atoms with Crippen molar-refractivity contribution in [3.63, 3.8) is 0 Å². The summed E-state index contributed by atoms with van der Waals surface area (Å²) in [6.45, 7) is 3.73. The van der Waals surface area contributed by atoms with Crippen LogP contribution in [0.15, 0.2) is 18.2 Å². The average molecular weight is 327 g/mol. The summed E-state index contributed by atoms with van der Waals surface area (Å²) in [5.74, 6) is 0.440. The van der Waals surface area contributed by atoms with E-state index in [9.17, 15) is 0 Å². The van der Waals surface area contributed by atoms with Crippen LogP contribution in [0.3, 0.4) is 0 Å². The minimum Gasteiger partial charge on any atom is -0.389 e. The molecule has 1 heterocycles. The standard InChI is InChI=1S/C13H12Cl2N4S/c1-6-7(2)18-19-13(10(6)12(16)20)17-11-8(14)4-3-5-9(11)15/h3-5H,1-2H3,(H2,16,20)(H,17,19). The summed E-state index contributed by atoms with van der Waals surface area (Å²) in [5.41, 5.74) is 8.60. The monoisotopic (exact) mass is 326 g/mol. The molecule has 0 atom stereocenters. The van der Waals surface area contributed by atoms with Crippen molar-refractivity contribution in [3.8, 4) is 0 Å². The highest BCUT2D eigenvalue weighted by Crippen LogP contribution is 2.33. The van der Waals surface area contributed by atoms with Crippen LogP contribution in [0.5, 0.6) is 0 Å². The Bertz CT molecular complexity index is 668. The largest absolute Gasteiger partial charge is 0.389 e. The molecule has 0 unspecified atom stereocenters. The molecule has 0 aliphatic heterocycles. The molecule has 104 valence electrons. The summed E-state index contributed by atoms with van der Waals surface area (Å²) in [5, 5.41) is 12.2. The van der Waals surface area contributed by atoms with E-state index in [2.05, 4.69) is 15.5 Å². The number of aryl methyl sites for hydroxylation is 1. The number of rotatable bonds is 3. The second-order valence-electron chi connectivity index (χ2n) is 4.22. The Hall–Kier alpha value is -1.43. The number of benzene rings is 1. The van der Waals surface area contributed by atoms with E-state index in [0.29, 0.717) is 27.1 Å². The molecule has 3 N–H and O–H groups in total. The van der Waals surface area contributed by atoms with Gasteiger partial charge >= 0.3 is 0 Å².